The van der Waals surface area contributed by atoms with Crippen LogP contribution in [0.15, 0.2) is 46.0 Å². The molecule has 7 nitrogen and oxygen atoms in total. The van der Waals surface area contributed by atoms with Crippen molar-refractivity contribution in [1.82, 2.24) is 19.4 Å². The van der Waals surface area contributed by atoms with Crippen LogP contribution in [-0.4, -0.2) is 38.4 Å². The van der Waals surface area contributed by atoms with E-state index < -0.39 is 0 Å². The van der Waals surface area contributed by atoms with E-state index in [1.165, 1.54) is 0 Å². The summed E-state index contributed by atoms with van der Waals surface area (Å²) < 4.78 is 13.0. The Balaban J connectivity index is 1.45. The van der Waals surface area contributed by atoms with Gasteiger partial charge in [0, 0.05) is 25.5 Å². The van der Waals surface area contributed by atoms with Crippen molar-refractivity contribution in [3.63, 3.8) is 0 Å². The maximum atomic E-state index is 12.7. The number of aromatic nitrogens is 3. The zero-order valence-electron chi connectivity index (χ0n) is 14.1. The number of piperidine rings is 1. The Kier molecular flexibility index (Phi) is 4.13. The molecule has 0 bridgehead atoms. The Morgan fingerprint density at radius 1 is 1.44 bits per heavy atom. The standard InChI is InChI=1S/C18H20N4O3/c1-13-15(20-18(25-13)16-5-3-9-24-16)10-17(23)21-7-2-4-14(11-21)22-8-6-19-12-22/h3,5-6,8-9,12,14H,2,4,7,10-11H2,1H3/t14-/m0/s1. The molecule has 3 aromatic rings. The summed E-state index contributed by atoms with van der Waals surface area (Å²) in [6, 6.07) is 3.86. The summed E-state index contributed by atoms with van der Waals surface area (Å²) in [5.41, 5.74) is 0.668. The highest BCUT2D eigenvalue weighted by Crippen LogP contribution is 2.24. The fraction of sp³-hybridized carbons (Fsp3) is 0.389. The first kappa shape index (κ1) is 15.7. The van der Waals surface area contributed by atoms with Crippen molar-refractivity contribution in [2.75, 3.05) is 13.1 Å². The first-order valence-corrected chi connectivity index (χ1v) is 8.46. The van der Waals surface area contributed by atoms with Gasteiger partial charge in [-0.25, -0.2) is 9.97 Å². The Bertz CT molecular complexity index is 836. The van der Waals surface area contributed by atoms with E-state index in [4.69, 9.17) is 8.83 Å². The van der Waals surface area contributed by atoms with Gasteiger partial charge in [-0.1, -0.05) is 0 Å². The second-order valence-corrected chi connectivity index (χ2v) is 6.32. The quantitative estimate of drug-likeness (QED) is 0.730. The predicted octanol–water partition coefficient (Wildman–Crippen LogP) is 2.85. The molecule has 0 unspecified atom stereocenters. The monoisotopic (exact) mass is 340 g/mol. The number of hydrogen-bond acceptors (Lipinski definition) is 5. The number of rotatable bonds is 4. The van der Waals surface area contributed by atoms with Crippen LogP contribution in [0.25, 0.3) is 11.7 Å². The van der Waals surface area contributed by atoms with Crippen molar-refractivity contribution < 1.29 is 13.6 Å². The fourth-order valence-electron chi connectivity index (χ4n) is 3.26. The molecule has 0 aliphatic carbocycles. The maximum Gasteiger partial charge on any atom is 0.263 e. The van der Waals surface area contributed by atoms with Gasteiger partial charge in [-0.3, -0.25) is 4.79 Å². The van der Waals surface area contributed by atoms with Gasteiger partial charge in [-0.15, -0.1) is 0 Å². The molecule has 130 valence electrons. The minimum Gasteiger partial charge on any atom is -0.459 e. The second kappa shape index (κ2) is 6.58. The van der Waals surface area contributed by atoms with E-state index in [-0.39, 0.29) is 18.4 Å². The van der Waals surface area contributed by atoms with Gasteiger partial charge in [-0.05, 0) is 31.9 Å². The van der Waals surface area contributed by atoms with E-state index in [2.05, 4.69) is 14.5 Å². The van der Waals surface area contributed by atoms with Crippen molar-refractivity contribution in [2.45, 2.75) is 32.2 Å². The molecule has 4 heterocycles. The molecule has 1 amide bonds. The minimum atomic E-state index is 0.0761. The Morgan fingerprint density at radius 2 is 2.36 bits per heavy atom. The first-order valence-electron chi connectivity index (χ1n) is 8.46. The zero-order valence-corrected chi connectivity index (χ0v) is 14.1. The molecule has 7 heteroatoms. The van der Waals surface area contributed by atoms with Gasteiger partial charge in [-0.2, -0.15) is 0 Å². The van der Waals surface area contributed by atoms with Crippen LogP contribution in [0.1, 0.15) is 30.3 Å². The van der Waals surface area contributed by atoms with Crippen LogP contribution in [0.2, 0.25) is 0 Å². The molecule has 0 aromatic carbocycles. The lowest BCUT2D eigenvalue weighted by atomic mass is 10.0. The lowest BCUT2D eigenvalue weighted by Crippen LogP contribution is -2.41. The highest BCUT2D eigenvalue weighted by molar-refractivity contribution is 5.78. The molecule has 0 saturated carbocycles. The highest BCUT2D eigenvalue weighted by Gasteiger charge is 2.26. The van der Waals surface area contributed by atoms with Crippen LogP contribution in [0.5, 0.6) is 0 Å². The maximum absolute atomic E-state index is 12.7. The van der Waals surface area contributed by atoms with Crippen LogP contribution < -0.4 is 0 Å². The first-order chi connectivity index (χ1) is 12.2. The second-order valence-electron chi connectivity index (χ2n) is 6.32. The molecule has 1 fully saturated rings. The smallest absolute Gasteiger partial charge is 0.263 e. The highest BCUT2D eigenvalue weighted by atomic mass is 16.4. The Morgan fingerprint density at radius 3 is 3.12 bits per heavy atom. The van der Waals surface area contributed by atoms with Crippen LogP contribution in [-0.2, 0) is 11.2 Å². The number of nitrogens with zero attached hydrogens (tertiary/aromatic N) is 4. The number of furan rings is 1. The van der Waals surface area contributed by atoms with Gasteiger partial charge in [0.15, 0.2) is 5.76 Å². The van der Waals surface area contributed by atoms with E-state index in [0.717, 1.165) is 19.4 Å². The van der Waals surface area contributed by atoms with E-state index in [9.17, 15) is 4.79 Å². The predicted molar refractivity (Wildman–Crippen MR) is 89.7 cm³/mol. The van der Waals surface area contributed by atoms with Gasteiger partial charge in [0.1, 0.15) is 5.76 Å². The van der Waals surface area contributed by atoms with E-state index in [1.54, 1.807) is 24.6 Å². The minimum absolute atomic E-state index is 0.0761. The van der Waals surface area contributed by atoms with Gasteiger partial charge in [0.2, 0.25) is 5.91 Å². The summed E-state index contributed by atoms with van der Waals surface area (Å²) in [7, 11) is 0. The van der Waals surface area contributed by atoms with E-state index >= 15 is 0 Å². The molecule has 0 spiro atoms. The summed E-state index contributed by atoms with van der Waals surface area (Å²) in [5, 5.41) is 0. The normalized spacial score (nSPS) is 17.8. The van der Waals surface area contributed by atoms with Crippen LogP contribution in [0, 0.1) is 6.92 Å². The number of amides is 1. The van der Waals surface area contributed by atoms with E-state index in [0.29, 0.717) is 29.6 Å². The lowest BCUT2D eigenvalue weighted by molar-refractivity contribution is -0.132. The summed E-state index contributed by atoms with van der Waals surface area (Å²) in [6.45, 7) is 3.32. The molecule has 4 rings (SSSR count). The number of imidazole rings is 1. The Labute approximate surface area is 145 Å². The number of aryl methyl sites for hydroxylation is 1. The van der Waals surface area contributed by atoms with Gasteiger partial charge >= 0.3 is 0 Å². The molecule has 1 atom stereocenters. The molecule has 1 saturated heterocycles. The number of oxazole rings is 1. The third kappa shape index (κ3) is 3.22. The lowest BCUT2D eigenvalue weighted by Gasteiger charge is -2.33. The number of likely N-dealkylation sites (tertiary alicyclic amines) is 1. The summed E-state index contributed by atoms with van der Waals surface area (Å²) in [6.07, 6.45) is 9.41. The Hall–Kier alpha value is -2.83. The van der Waals surface area contributed by atoms with Crippen LogP contribution >= 0.6 is 0 Å². The fourth-order valence-corrected chi connectivity index (χ4v) is 3.26. The van der Waals surface area contributed by atoms with Gasteiger partial charge in [0.05, 0.1) is 30.7 Å². The molecule has 25 heavy (non-hydrogen) atoms. The molecule has 1 aliphatic rings. The SMILES string of the molecule is Cc1oc(-c2ccco2)nc1CC(=O)N1CCC[C@H](n2ccnc2)C1. The summed E-state index contributed by atoms with van der Waals surface area (Å²) in [4.78, 5) is 23.2. The van der Waals surface area contributed by atoms with Gasteiger partial charge in [0.25, 0.3) is 5.89 Å². The van der Waals surface area contributed by atoms with Crippen molar-refractivity contribution in [3.05, 3.63) is 48.6 Å². The van der Waals surface area contributed by atoms with Crippen molar-refractivity contribution in [3.8, 4) is 11.7 Å². The molecule has 0 radical (unpaired) electrons. The molecule has 1 aliphatic heterocycles. The van der Waals surface area contributed by atoms with Crippen molar-refractivity contribution in [2.24, 2.45) is 0 Å². The largest absolute Gasteiger partial charge is 0.459 e. The summed E-state index contributed by atoms with van der Waals surface area (Å²) >= 11 is 0. The molecule has 3 aromatic heterocycles. The number of carbonyl (C=O) groups excluding carboxylic acids is 1. The zero-order chi connectivity index (χ0) is 17.2. The van der Waals surface area contributed by atoms with Gasteiger partial charge < -0.3 is 18.3 Å². The number of carbonyl (C=O) groups is 1. The topological polar surface area (TPSA) is 77.3 Å². The molecule has 0 N–H and O–H groups in total. The van der Waals surface area contributed by atoms with Crippen molar-refractivity contribution in [1.29, 1.82) is 0 Å². The average Bonchev–Trinajstić information content (AvgIpc) is 3.38. The molecular weight excluding hydrogens is 320 g/mol. The number of hydrogen-bond donors (Lipinski definition) is 0. The van der Waals surface area contributed by atoms with E-state index in [1.807, 2.05) is 24.3 Å². The van der Waals surface area contributed by atoms with Crippen molar-refractivity contribution >= 4 is 5.91 Å². The third-order valence-electron chi connectivity index (χ3n) is 4.64. The summed E-state index contributed by atoms with van der Waals surface area (Å²) in [5.74, 6) is 1.72. The third-order valence-corrected chi connectivity index (χ3v) is 4.64. The van der Waals surface area contributed by atoms with Crippen LogP contribution in [0.4, 0.5) is 0 Å². The average molecular weight is 340 g/mol. The van der Waals surface area contributed by atoms with Crippen LogP contribution in [0.3, 0.4) is 0 Å². The molecular formula is C18H20N4O3.